The number of aromatic amines is 1. The van der Waals surface area contributed by atoms with Crippen LogP contribution in [0.1, 0.15) is 25.5 Å². The first-order chi connectivity index (χ1) is 7.12. The number of amides is 1. The molecule has 0 aliphatic carbocycles. The van der Waals surface area contributed by atoms with Crippen molar-refractivity contribution in [1.29, 1.82) is 0 Å². The van der Waals surface area contributed by atoms with Crippen molar-refractivity contribution in [1.82, 2.24) is 15.1 Å². The quantitative estimate of drug-likeness (QED) is 0.735. The molecular formula is C10H15N3O2. The first-order valence-electron chi connectivity index (χ1n) is 5.10. The number of likely N-dealkylation sites (tertiary alicyclic amines) is 1. The van der Waals surface area contributed by atoms with Crippen LogP contribution in [-0.2, 0) is 5.41 Å². The van der Waals surface area contributed by atoms with E-state index < -0.39 is 6.09 Å². The Morgan fingerprint density at radius 1 is 1.60 bits per heavy atom. The van der Waals surface area contributed by atoms with Gasteiger partial charge in [0.05, 0.1) is 5.69 Å². The van der Waals surface area contributed by atoms with Crippen LogP contribution in [-0.4, -0.2) is 39.4 Å². The normalized spacial score (nSPS) is 20.2. The SMILES string of the molecule is CC1(c2cc[nH]n2)CCN(C(=O)O)CC1. The first kappa shape index (κ1) is 10.0. The number of nitrogens with one attached hydrogen (secondary N) is 1. The lowest BCUT2D eigenvalue weighted by Crippen LogP contribution is -2.43. The smallest absolute Gasteiger partial charge is 0.407 e. The van der Waals surface area contributed by atoms with E-state index in [0.29, 0.717) is 13.1 Å². The van der Waals surface area contributed by atoms with Crippen molar-refractivity contribution in [3.63, 3.8) is 0 Å². The number of piperidine rings is 1. The van der Waals surface area contributed by atoms with Crippen molar-refractivity contribution in [3.05, 3.63) is 18.0 Å². The van der Waals surface area contributed by atoms with Gasteiger partial charge in [0.15, 0.2) is 0 Å². The maximum atomic E-state index is 10.8. The second-order valence-electron chi connectivity index (χ2n) is 4.29. The fourth-order valence-electron chi connectivity index (χ4n) is 2.04. The van der Waals surface area contributed by atoms with Gasteiger partial charge in [0.1, 0.15) is 0 Å². The Morgan fingerprint density at radius 2 is 2.27 bits per heavy atom. The van der Waals surface area contributed by atoms with Gasteiger partial charge < -0.3 is 10.0 Å². The Labute approximate surface area is 88.1 Å². The first-order valence-corrected chi connectivity index (χ1v) is 5.10. The topological polar surface area (TPSA) is 69.2 Å². The maximum absolute atomic E-state index is 10.8. The highest BCUT2D eigenvalue weighted by Gasteiger charge is 2.34. The Morgan fingerprint density at radius 3 is 2.73 bits per heavy atom. The number of carbonyl (C=O) groups is 1. The summed E-state index contributed by atoms with van der Waals surface area (Å²) in [5, 5.41) is 15.8. The second kappa shape index (κ2) is 3.56. The van der Waals surface area contributed by atoms with Gasteiger partial charge >= 0.3 is 6.09 Å². The Hall–Kier alpha value is -1.52. The van der Waals surface area contributed by atoms with E-state index in [1.807, 2.05) is 12.3 Å². The van der Waals surface area contributed by atoms with Crippen molar-refractivity contribution in [3.8, 4) is 0 Å². The van der Waals surface area contributed by atoms with E-state index in [2.05, 4.69) is 17.1 Å². The van der Waals surface area contributed by atoms with Crippen molar-refractivity contribution in [2.75, 3.05) is 13.1 Å². The number of aromatic nitrogens is 2. The van der Waals surface area contributed by atoms with Crippen molar-refractivity contribution >= 4 is 6.09 Å². The number of carboxylic acid groups (broad SMARTS) is 1. The third kappa shape index (κ3) is 1.82. The molecule has 0 bridgehead atoms. The van der Waals surface area contributed by atoms with Crippen LogP contribution in [0.15, 0.2) is 12.3 Å². The van der Waals surface area contributed by atoms with Crippen LogP contribution in [0.5, 0.6) is 0 Å². The molecule has 1 amide bonds. The molecule has 15 heavy (non-hydrogen) atoms. The van der Waals surface area contributed by atoms with Crippen LogP contribution in [0.25, 0.3) is 0 Å². The molecule has 82 valence electrons. The van der Waals surface area contributed by atoms with E-state index in [1.54, 1.807) is 0 Å². The van der Waals surface area contributed by atoms with Crippen LogP contribution >= 0.6 is 0 Å². The minimum absolute atomic E-state index is 0.0198. The molecule has 1 fully saturated rings. The van der Waals surface area contributed by atoms with Gasteiger partial charge in [-0.15, -0.1) is 0 Å². The summed E-state index contributed by atoms with van der Waals surface area (Å²) in [7, 11) is 0. The molecule has 1 aromatic rings. The zero-order chi connectivity index (χ0) is 10.9. The highest BCUT2D eigenvalue weighted by molar-refractivity contribution is 5.65. The highest BCUT2D eigenvalue weighted by Crippen LogP contribution is 2.33. The predicted molar refractivity (Wildman–Crippen MR) is 54.8 cm³/mol. The van der Waals surface area contributed by atoms with Gasteiger partial charge in [-0.25, -0.2) is 4.79 Å². The average Bonchev–Trinajstić information content (AvgIpc) is 2.71. The fraction of sp³-hybridized carbons (Fsp3) is 0.600. The van der Waals surface area contributed by atoms with Crippen molar-refractivity contribution < 1.29 is 9.90 Å². The molecule has 2 heterocycles. The molecule has 0 unspecified atom stereocenters. The lowest BCUT2D eigenvalue weighted by Gasteiger charge is -2.36. The Kier molecular flexibility index (Phi) is 2.38. The molecule has 0 saturated carbocycles. The van der Waals surface area contributed by atoms with E-state index >= 15 is 0 Å². The molecule has 5 heteroatoms. The minimum Gasteiger partial charge on any atom is -0.465 e. The number of hydrogen-bond donors (Lipinski definition) is 2. The molecule has 1 aliphatic heterocycles. The van der Waals surface area contributed by atoms with Crippen molar-refractivity contribution in [2.24, 2.45) is 0 Å². The van der Waals surface area contributed by atoms with Gasteiger partial charge in [-0.05, 0) is 18.9 Å². The summed E-state index contributed by atoms with van der Waals surface area (Å²) in [6.45, 7) is 3.33. The standard InChI is InChI=1S/C10H15N3O2/c1-10(8-2-5-11-12-8)3-6-13(7-4-10)9(14)15/h2,5H,3-4,6-7H2,1H3,(H,11,12)(H,14,15). The molecule has 0 aromatic carbocycles. The average molecular weight is 209 g/mol. The fourth-order valence-corrected chi connectivity index (χ4v) is 2.04. The zero-order valence-corrected chi connectivity index (χ0v) is 8.73. The lowest BCUT2D eigenvalue weighted by atomic mass is 9.78. The zero-order valence-electron chi connectivity index (χ0n) is 8.73. The molecule has 2 N–H and O–H groups in total. The Balaban J connectivity index is 2.06. The summed E-state index contributed by atoms with van der Waals surface area (Å²) >= 11 is 0. The van der Waals surface area contributed by atoms with Gasteiger partial charge in [0, 0.05) is 24.7 Å². The summed E-state index contributed by atoms with van der Waals surface area (Å²) in [5.41, 5.74) is 1.05. The monoisotopic (exact) mass is 209 g/mol. The van der Waals surface area contributed by atoms with E-state index in [0.717, 1.165) is 18.5 Å². The number of rotatable bonds is 1. The lowest BCUT2D eigenvalue weighted by molar-refractivity contribution is 0.119. The van der Waals surface area contributed by atoms with Crippen molar-refractivity contribution in [2.45, 2.75) is 25.2 Å². The second-order valence-corrected chi connectivity index (χ2v) is 4.29. The summed E-state index contributed by atoms with van der Waals surface area (Å²) in [6.07, 6.45) is 2.66. The number of H-pyrrole nitrogens is 1. The van der Waals surface area contributed by atoms with Crippen LogP contribution in [0.3, 0.4) is 0 Å². The number of nitrogens with zero attached hydrogens (tertiary/aromatic N) is 2. The third-order valence-electron chi connectivity index (χ3n) is 3.26. The molecule has 2 rings (SSSR count). The summed E-state index contributed by atoms with van der Waals surface area (Å²) in [6, 6.07) is 1.97. The minimum atomic E-state index is -0.820. The molecule has 1 aromatic heterocycles. The highest BCUT2D eigenvalue weighted by atomic mass is 16.4. The molecule has 1 aliphatic rings. The molecule has 1 saturated heterocycles. The molecule has 5 nitrogen and oxygen atoms in total. The van der Waals surface area contributed by atoms with Crippen LogP contribution < -0.4 is 0 Å². The molecule has 0 radical (unpaired) electrons. The van der Waals surface area contributed by atoms with Gasteiger partial charge in [-0.2, -0.15) is 5.10 Å². The van der Waals surface area contributed by atoms with Gasteiger partial charge in [-0.1, -0.05) is 6.92 Å². The largest absolute Gasteiger partial charge is 0.465 e. The maximum Gasteiger partial charge on any atom is 0.407 e. The van der Waals surface area contributed by atoms with E-state index in [4.69, 9.17) is 5.11 Å². The van der Waals surface area contributed by atoms with Gasteiger partial charge in [0.2, 0.25) is 0 Å². The number of hydrogen-bond acceptors (Lipinski definition) is 2. The molecule has 0 spiro atoms. The third-order valence-corrected chi connectivity index (χ3v) is 3.26. The predicted octanol–water partition coefficient (Wildman–Crippen LogP) is 1.44. The van der Waals surface area contributed by atoms with Crippen LogP contribution in [0, 0.1) is 0 Å². The van der Waals surface area contributed by atoms with E-state index in [9.17, 15) is 4.79 Å². The van der Waals surface area contributed by atoms with Crippen LogP contribution in [0.4, 0.5) is 4.79 Å². The summed E-state index contributed by atoms with van der Waals surface area (Å²) in [5.74, 6) is 0. The summed E-state index contributed by atoms with van der Waals surface area (Å²) in [4.78, 5) is 12.2. The van der Waals surface area contributed by atoms with E-state index in [1.165, 1.54) is 4.90 Å². The van der Waals surface area contributed by atoms with Crippen LogP contribution in [0.2, 0.25) is 0 Å². The van der Waals surface area contributed by atoms with Gasteiger partial charge in [0.25, 0.3) is 0 Å². The molecular weight excluding hydrogens is 194 g/mol. The van der Waals surface area contributed by atoms with Gasteiger partial charge in [-0.3, -0.25) is 5.10 Å². The molecule has 0 atom stereocenters. The van der Waals surface area contributed by atoms with E-state index in [-0.39, 0.29) is 5.41 Å². The Bertz CT molecular complexity index is 340. The summed E-state index contributed by atoms with van der Waals surface area (Å²) < 4.78 is 0.